The van der Waals surface area contributed by atoms with Gasteiger partial charge in [0.25, 0.3) is 0 Å². The topological polar surface area (TPSA) is 39.1 Å². The molecular weight excluding hydrogens is 338 g/mol. The highest BCUT2D eigenvalue weighted by Gasteiger charge is 2.16. The van der Waals surface area contributed by atoms with Gasteiger partial charge in [0.05, 0.1) is 34.4 Å². The molecule has 1 fully saturated rings. The summed E-state index contributed by atoms with van der Waals surface area (Å²) >= 11 is 5.25. The number of thiophene rings is 1. The molecule has 0 aliphatic carbocycles. The summed E-state index contributed by atoms with van der Waals surface area (Å²) < 4.78 is 8.76. The second-order valence-electron chi connectivity index (χ2n) is 5.09. The number of hydrogen-bond acceptors (Lipinski definition) is 4. The first-order valence-corrected chi connectivity index (χ1v) is 8.47. The lowest BCUT2D eigenvalue weighted by Crippen LogP contribution is -2.15. The third-order valence-electron chi connectivity index (χ3n) is 3.45. The number of ether oxygens (including phenoxy) is 1. The smallest absolute Gasteiger partial charge is 0.0771 e. The molecule has 3 rings (SSSR count). The molecule has 1 aliphatic heterocycles. The number of halogens is 1. The van der Waals surface area contributed by atoms with Gasteiger partial charge in [-0.3, -0.25) is 4.68 Å². The van der Waals surface area contributed by atoms with Crippen molar-refractivity contribution in [3.05, 3.63) is 33.2 Å². The molecule has 0 amide bonds. The predicted molar refractivity (Wildman–Crippen MR) is 85.3 cm³/mol. The van der Waals surface area contributed by atoms with Gasteiger partial charge in [0.1, 0.15) is 0 Å². The molecule has 1 aliphatic rings. The Hall–Kier alpha value is -0.850. The fourth-order valence-electron chi connectivity index (χ4n) is 2.42. The Morgan fingerprint density at radius 2 is 2.50 bits per heavy atom. The van der Waals surface area contributed by atoms with Crippen LogP contribution in [0.4, 0.5) is 5.69 Å². The first-order chi connectivity index (χ1) is 9.70. The maximum atomic E-state index is 5.63. The van der Waals surface area contributed by atoms with Gasteiger partial charge >= 0.3 is 0 Å². The largest absolute Gasteiger partial charge is 0.376 e. The highest BCUT2D eigenvalue weighted by molar-refractivity contribution is 9.11. The highest BCUT2D eigenvalue weighted by Crippen LogP contribution is 2.29. The molecule has 108 valence electrons. The van der Waals surface area contributed by atoms with E-state index in [1.54, 1.807) is 11.3 Å². The number of rotatable bonds is 5. The van der Waals surface area contributed by atoms with E-state index in [2.05, 4.69) is 51.6 Å². The van der Waals surface area contributed by atoms with Crippen LogP contribution in [-0.2, 0) is 11.3 Å². The van der Waals surface area contributed by atoms with E-state index in [1.165, 1.54) is 11.3 Å². The van der Waals surface area contributed by atoms with Crippen molar-refractivity contribution in [3.8, 4) is 0 Å². The van der Waals surface area contributed by atoms with Crippen molar-refractivity contribution in [1.29, 1.82) is 0 Å². The van der Waals surface area contributed by atoms with Gasteiger partial charge in [0.15, 0.2) is 0 Å². The molecule has 0 radical (unpaired) electrons. The van der Waals surface area contributed by atoms with Crippen molar-refractivity contribution in [2.75, 3.05) is 11.9 Å². The molecule has 0 saturated carbocycles. The van der Waals surface area contributed by atoms with E-state index < -0.39 is 0 Å². The Bertz CT molecular complexity index is 562. The van der Waals surface area contributed by atoms with Gasteiger partial charge in [-0.05, 0) is 47.8 Å². The Morgan fingerprint density at radius 3 is 3.20 bits per heavy atom. The molecule has 20 heavy (non-hydrogen) atoms. The van der Waals surface area contributed by atoms with Crippen molar-refractivity contribution >= 4 is 33.0 Å². The molecule has 2 atom stereocenters. The normalized spacial score (nSPS) is 20.2. The van der Waals surface area contributed by atoms with Gasteiger partial charge in [-0.1, -0.05) is 0 Å². The third-order valence-corrected chi connectivity index (χ3v) is 5.26. The molecular formula is C14H18BrN3OS. The van der Waals surface area contributed by atoms with E-state index in [1.807, 2.05) is 10.9 Å². The van der Waals surface area contributed by atoms with Crippen LogP contribution in [0.15, 0.2) is 28.3 Å². The van der Waals surface area contributed by atoms with Crippen molar-refractivity contribution < 1.29 is 4.74 Å². The van der Waals surface area contributed by atoms with Crippen LogP contribution in [0, 0.1) is 0 Å². The molecule has 1 N–H and O–H groups in total. The maximum Gasteiger partial charge on any atom is 0.0771 e. The van der Waals surface area contributed by atoms with E-state index in [9.17, 15) is 0 Å². The number of nitrogens with one attached hydrogen (secondary N) is 1. The zero-order chi connectivity index (χ0) is 13.9. The molecule has 0 spiro atoms. The lowest BCUT2D eigenvalue weighted by molar-refractivity contribution is 0.0940. The number of anilines is 1. The Balaban J connectivity index is 1.59. The summed E-state index contributed by atoms with van der Waals surface area (Å²) in [5.41, 5.74) is 1.06. The third kappa shape index (κ3) is 3.42. The Morgan fingerprint density at radius 1 is 1.60 bits per heavy atom. The lowest BCUT2D eigenvalue weighted by atomic mass is 10.2. The van der Waals surface area contributed by atoms with Crippen LogP contribution in [0.3, 0.4) is 0 Å². The second-order valence-corrected chi connectivity index (χ2v) is 7.59. The molecule has 6 heteroatoms. The monoisotopic (exact) mass is 355 g/mol. The zero-order valence-electron chi connectivity index (χ0n) is 11.4. The summed E-state index contributed by atoms with van der Waals surface area (Å²) in [7, 11) is 0. The zero-order valence-corrected chi connectivity index (χ0v) is 13.8. The maximum absolute atomic E-state index is 5.63. The minimum absolute atomic E-state index is 0.284. The summed E-state index contributed by atoms with van der Waals surface area (Å²) in [4.78, 5) is 1.31. The number of nitrogens with zero attached hydrogens (tertiary/aromatic N) is 2. The van der Waals surface area contributed by atoms with Crippen LogP contribution < -0.4 is 5.32 Å². The van der Waals surface area contributed by atoms with Crippen LogP contribution in [-0.4, -0.2) is 22.5 Å². The number of aromatic nitrogens is 2. The van der Waals surface area contributed by atoms with Crippen molar-refractivity contribution in [3.63, 3.8) is 0 Å². The standard InChI is InChI=1S/C14H18BrN3OS/c1-10(13-4-5-14(15)20-13)17-11-7-16-18(8-11)9-12-3-2-6-19-12/h4-5,7-8,10,12,17H,2-3,6,9H2,1H3. The quantitative estimate of drug-likeness (QED) is 0.878. The van der Waals surface area contributed by atoms with Gasteiger partial charge in [-0.25, -0.2) is 0 Å². The van der Waals surface area contributed by atoms with E-state index >= 15 is 0 Å². The van der Waals surface area contributed by atoms with Crippen molar-refractivity contribution in [2.45, 2.75) is 38.5 Å². The SMILES string of the molecule is CC(Nc1cnn(CC2CCCO2)c1)c1ccc(Br)s1. The summed E-state index contributed by atoms with van der Waals surface area (Å²) in [5.74, 6) is 0. The van der Waals surface area contributed by atoms with Crippen molar-refractivity contribution in [2.24, 2.45) is 0 Å². The van der Waals surface area contributed by atoms with Gasteiger partial charge in [0.2, 0.25) is 0 Å². The second kappa shape index (κ2) is 6.28. The molecule has 0 aromatic carbocycles. The van der Waals surface area contributed by atoms with Gasteiger partial charge in [-0.15, -0.1) is 11.3 Å². The van der Waals surface area contributed by atoms with Crippen molar-refractivity contribution in [1.82, 2.24) is 9.78 Å². The van der Waals surface area contributed by atoms with Crippen LogP contribution in [0.5, 0.6) is 0 Å². The Kier molecular flexibility index (Phi) is 4.43. The first kappa shape index (κ1) is 14.1. The molecule has 3 heterocycles. The molecule has 1 saturated heterocycles. The summed E-state index contributed by atoms with van der Waals surface area (Å²) in [6, 6.07) is 4.51. The molecule has 4 nitrogen and oxygen atoms in total. The number of hydrogen-bond donors (Lipinski definition) is 1. The van der Waals surface area contributed by atoms with Crippen LogP contribution in [0.2, 0.25) is 0 Å². The van der Waals surface area contributed by atoms with Gasteiger partial charge in [-0.2, -0.15) is 5.10 Å². The van der Waals surface area contributed by atoms with Gasteiger partial charge in [0, 0.05) is 17.7 Å². The lowest BCUT2D eigenvalue weighted by Gasteiger charge is -2.11. The Labute approximate surface area is 131 Å². The van der Waals surface area contributed by atoms with E-state index in [0.717, 1.165) is 29.0 Å². The molecule has 2 unspecified atom stereocenters. The fraction of sp³-hybridized carbons (Fsp3) is 0.500. The summed E-state index contributed by atoms with van der Waals surface area (Å²) in [5, 5.41) is 7.88. The fourth-order valence-corrected chi connectivity index (χ4v) is 3.84. The average molecular weight is 356 g/mol. The van der Waals surface area contributed by atoms with E-state index in [-0.39, 0.29) is 6.04 Å². The minimum Gasteiger partial charge on any atom is -0.376 e. The first-order valence-electron chi connectivity index (χ1n) is 6.86. The van der Waals surface area contributed by atoms with Crippen LogP contribution in [0.25, 0.3) is 0 Å². The average Bonchev–Trinajstić information content (AvgIpc) is 3.13. The summed E-state index contributed by atoms with van der Waals surface area (Å²) in [6.07, 6.45) is 6.58. The van der Waals surface area contributed by atoms with E-state index in [0.29, 0.717) is 6.10 Å². The van der Waals surface area contributed by atoms with Gasteiger partial charge < -0.3 is 10.1 Å². The van der Waals surface area contributed by atoms with Crippen LogP contribution >= 0.6 is 27.3 Å². The van der Waals surface area contributed by atoms with E-state index in [4.69, 9.17) is 4.74 Å². The molecule has 2 aromatic heterocycles. The predicted octanol–water partition coefficient (Wildman–Crippen LogP) is 4.06. The molecule has 0 bridgehead atoms. The van der Waals surface area contributed by atoms with Crippen LogP contribution in [0.1, 0.15) is 30.7 Å². The highest BCUT2D eigenvalue weighted by atomic mass is 79.9. The minimum atomic E-state index is 0.284. The summed E-state index contributed by atoms with van der Waals surface area (Å²) in [6.45, 7) is 3.90. The molecule has 2 aromatic rings.